The number of rotatable bonds is 7. The van der Waals surface area contributed by atoms with E-state index in [9.17, 15) is 5.26 Å². The van der Waals surface area contributed by atoms with E-state index >= 15 is 0 Å². The van der Waals surface area contributed by atoms with Crippen molar-refractivity contribution < 1.29 is 8.83 Å². The van der Waals surface area contributed by atoms with Crippen molar-refractivity contribution in [3.63, 3.8) is 0 Å². The van der Waals surface area contributed by atoms with Gasteiger partial charge >= 0.3 is 0 Å². The Morgan fingerprint density at radius 2 is 0.857 bits per heavy atom. The molecule has 0 atom stereocenters. The molecule has 0 spiro atoms. The molecule has 0 aliphatic carbocycles. The number of benzene rings is 14. The molecule has 4 aromatic heterocycles. The summed E-state index contributed by atoms with van der Waals surface area (Å²) in [6, 6.07) is 102. The van der Waals surface area contributed by atoms with E-state index in [1.807, 2.05) is 12.1 Å². The van der Waals surface area contributed by atoms with Gasteiger partial charge < -0.3 is 27.8 Å². The van der Waals surface area contributed by atoms with Gasteiger partial charge in [0.15, 0.2) is 0 Å². The highest BCUT2D eigenvalue weighted by Crippen LogP contribution is 2.53. The molecule has 0 N–H and O–H groups in total. The van der Waals surface area contributed by atoms with Gasteiger partial charge in [0.25, 0.3) is 6.71 Å². The summed E-state index contributed by atoms with van der Waals surface area (Å²) in [5.74, 6) is 0. The minimum Gasteiger partial charge on any atom is -0.456 e. The summed E-state index contributed by atoms with van der Waals surface area (Å²) < 4.78 is 19.0. The standard InChI is InChI=1S/C93H70B5N5O2/c1-92(2,3)56-33-40-72(65(47-56)53-20-9-7-10-21-53)102-75-49-58(100-70-29-16-13-24-61(70)62-25-14-17-30-71(62)100)35-37-68(75)98-69-38-36-59(101-74-39-32-52(51-99)44-67(74)84-85(94)86(95)87(96)88(97)90(84)101)50-76(69)103(73-41-34-57(93(4,5)6)48-66(73)54-22-11-8-12-23-54)78-46-55(45-77(102)89(78)98)60-27-19-28-64-83-81(105-91(60)64)43-42-80-82(83)63-26-15-18-31-79(63)104-80/h7-50H,94-97H2,1-6H3. The van der Waals surface area contributed by atoms with E-state index in [-0.39, 0.29) is 17.5 Å². The van der Waals surface area contributed by atoms with Gasteiger partial charge in [-0.3, -0.25) is 0 Å². The van der Waals surface area contributed by atoms with Gasteiger partial charge in [0.1, 0.15) is 53.7 Å². The third-order valence-corrected chi connectivity index (χ3v) is 23.3. The van der Waals surface area contributed by atoms with Crippen LogP contribution in [0.5, 0.6) is 0 Å². The first kappa shape index (κ1) is 62.5. The predicted octanol–water partition coefficient (Wildman–Crippen LogP) is 16.3. The van der Waals surface area contributed by atoms with E-state index in [1.54, 1.807) is 0 Å². The van der Waals surface area contributed by atoms with E-state index in [4.69, 9.17) is 8.83 Å². The van der Waals surface area contributed by atoms with E-state index < -0.39 is 0 Å². The molecule has 0 radical (unpaired) electrons. The molecule has 6 heterocycles. The fourth-order valence-corrected chi connectivity index (χ4v) is 17.8. The van der Waals surface area contributed by atoms with Crippen LogP contribution in [0.25, 0.3) is 132 Å². The first-order valence-electron chi connectivity index (χ1n) is 36.6. The van der Waals surface area contributed by atoms with Crippen LogP contribution >= 0.6 is 0 Å². The van der Waals surface area contributed by atoms with E-state index in [1.165, 1.54) is 65.5 Å². The van der Waals surface area contributed by atoms with E-state index in [0.29, 0.717) is 5.56 Å². The van der Waals surface area contributed by atoms with Gasteiger partial charge in [0, 0.05) is 99.4 Å². The minimum absolute atomic E-state index is 0.161. The zero-order valence-corrected chi connectivity index (χ0v) is 60.5. The van der Waals surface area contributed by atoms with Crippen LogP contribution in [0.15, 0.2) is 276 Å². The third-order valence-electron chi connectivity index (χ3n) is 23.3. The van der Waals surface area contributed by atoms with Gasteiger partial charge in [-0.05, 0) is 164 Å². The number of nitriles is 1. The van der Waals surface area contributed by atoms with Crippen molar-refractivity contribution >= 4 is 198 Å². The number of furan rings is 2. The molecule has 0 amide bonds. The smallest absolute Gasteiger partial charge is 0.252 e. The number of para-hydroxylation sites is 4. The van der Waals surface area contributed by atoms with Gasteiger partial charge in [-0.25, -0.2) is 0 Å². The quantitative estimate of drug-likeness (QED) is 0.149. The van der Waals surface area contributed by atoms with E-state index in [2.05, 4.69) is 353 Å². The van der Waals surface area contributed by atoms with Crippen LogP contribution < -0.4 is 48.0 Å². The predicted molar refractivity (Wildman–Crippen MR) is 455 cm³/mol. The Kier molecular flexibility index (Phi) is 13.6. The van der Waals surface area contributed by atoms with Crippen molar-refractivity contribution in [2.75, 3.05) is 9.80 Å². The summed E-state index contributed by atoms with van der Waals surface area (Å²) in [7, 11) is 9.03. The summed E-state index contributed by atoms with van der Waals surface area (Å²) in [6.07, 6.45) is 0. The number of hydrogen-bond donors (Lipinski definition) is 0. The van der Waals surface area contributed by atoms with Crippen LogP contribution in [0.2, 0.25) is 0 Å². The summed E-state index contributed by atoms with van der Waals surface area (Å²) in [5.41, 5.74) is 34.1. The second-order valence-corrected chi connectivity index (χ2v) is 31.2. The molecular weight excluding hydrogens is 1270 g/mol. The molecule has 494 valence electrons. The summed E-state index contributed by atoms with van der Waals surface area (Å²) in [4.78, 5) is 5.25. The molecule has 14 aromatic carbocycles. The number of nitrogens with zero attached hydrogens (tertiary/aromatic N) is 5. The fourth-order valence-electron chi connectivity index (χ4n) is 17.8. The highest BCUT2D eigenvalue weighted by Gasteiger charge is 2.46. The first-order valence-corrected chi connectivity index (χ1v) is 36.6. The maximum Gasteiger partial charge on any atom is 0.252 e. The molecule has 0 saturated carbocycles. The maximum absolute atomic E-state index is 10.6. The second kappa shape index (κ2) is 22.8. The van der Waals surface area contributed by atoms with Crippen molar-refractivity contribution in [2.24, 2.45) is 0 Å². The Morgan fingerprint density at radius 1 is 0.352 bits per heavy atom. The minimum atomic E-state index is -0.291. The SMILES string of the molecule is Bc1c(B)c(B)c2c(c1B)c1cc(C#N)ccc1n2-c1ccc2c(c1)N(c1ccc(C(C)(C)C)cc1-c1ccccc1)c1cc(-c3cccc4c3oc3ccc5oc6ccccc6c5c34)cc3c1B2c1ccc(-n2c4ccccc4c4ccccc42)cc1N3c1ccc(C(C)(C)C)cc1-c1ccccc1. The summed E-state index contributed by atoms with van der Waals surface area (Å²) >= 11 is 0. The van der Waals surface area contributed by atoms with Crippen LogP contribution in [0.4, 0.5) is 34.1 Å². The molecule has 0 bridgehead atoms. The zero-order chi connectivity index (χ0) is 71.2. The molecule has 0 unspecified atom stereocenters. The Balaban J connectivity index is 0.963. The van der Waals surface area contributed by atoms with Crippen molar-refractivity contribution in [2.45, 2.75) is 52.4 Å². The van der Waals surface area contributed by atoms with Crippen LogP contribution in [0, 0.1) is 11.3 Å². The van der Waals surface area contributed by atoms with Crippen molar-refractivity contribution in [3.8, 4) is 50.8 Å². The lowest BCUT2D eigenvalue weighted by molar-refractivity contribution is 0.590. The van der Waals surface area contributed by atoms with Crippen LogP contribution in [0.1, 0.15) is 58.2 Å². The Morgan fingerprint density at radius 3 is 1.44 bits per heavy atom. The van der Waals surface area contributed by atoms with Crippen molar-refractivity contribution in [3.05, 3.63) is 284 Å². The molecule has 12 heteroatoms. The Hall–Kier alpha value is -12.3. The number of hydrogen-bond acceptors (Lipinski definition) is 5. The van der Waals surface area contributed by atoms with Crippen LogP contribution in [-0.2, 0) is 10.8 Å². The lowest BCUT2D eigenvalue weighted by atomic mass is 9.33. The van der Waals surface area contributed by atoms with Crippen molar-refractivity contribution in [1.29, 1.82) is 5.26 Å². The molecule has 2 aliphatic heterocycles. The average molecular weight is 1340 g/mol. The number of aromatic nitrogens is 2. The molecule has 0 saturated heterocycles. The average Bonchev–Trinajstić information content (AvgIpc) is 1.22. The normalized spacial score (nSPS) is 12.9. The highest BCUT2D eigenvalue weighted by atomic mass is 16.3. The van der Waals surface area contributed by atoms with Gasteiger partial charge in [0.2, 0.25) is 0 Å². The largest absolute Gasteiger partial charge is 0.456 e. The number of anilines is 6. The zero-order valence-electron chi connectivity index (χ0n) is 60.5. The maximum atomic E-state index is 10.6. The van der Waals surface area contributed by atoms with Gasteiger partial charge in [-0.1, -0.05) is 216 Å². The first-order chi connectivity index (χ1) is 51.0. The second-order valence-electron chi connectivity index (χ2n) is 31.2. The third kappa shape index (κ3) is 9.23. The summed E-state index contributed by atoms with van der Waals surface area (Å²) in [6.45, 7) is 13.6. The van der Waals surface area contributed by atoms with E-state index in [0.717, 1.165) is 150 Å². The monoisotopic (exact) mass is 1340 g/mol. The lowest BCUT2D eigenvalue weighted by Crippen LogP contribution is -2.61. The molecule has 20 rings (SSSR count). The Labute approximate surface area is 613 Å². The molecule has 105 heavy (non-hydrogen) atoms. The number of fused-ring (bicyclic) bond motifs is 17. The molecular formula is C93H70B5N5O2. The topological polar surface area (TPSA) is 66.4 Å². The molecule has 0 fully saturated rings. The highest BCUT2D eigenvalue weighted by molar-refractivity contribution is 7.00. The fraction of sp³-hybridized carbons (Fsp3) is 0.0860. The van der Waals surface area contributed by atoms with Gasteiger partial charge in [0.05, 0.1) is 39.6 Å². The van der Waals surface area contributed by atoms with Crippen LogP contribution in [-0.4, -0.2) is 47.2 Å². The van der Waals surface area contributed by atoms with Gasteiger partial charge in [-0.15, -0.1) is 5.46 Å². The Bertz CT molecular complexity index is 6790. The van der Waals surface area contributed by atoms with Gasteiger partial charge in [-0.2, -0.15) is 5.26 Å². The molecule has 2 aliphatic rings. The lowest BCUT2D eigenvalue weighted by Gasteiger charge is -2.45. The molecule has 18 aromatic rings. The molecule has 7 nitrogen and oxygen atoms in total. The van der Waals surface area contributed by atoms with Crippen molar-refractivity contribution in [1.82, 2.24) is 9.13 Å². The van der Waals surface area contributed by atoms with Crippen LogP contribution in [0.3, 0.4) is 0 Å². The summed E-state index contributed by atoms with van der Waals surface area (Å²) in [5, 5.41) is 19.4.